The first kappa shape index (κ1) is 12.0. The van der Waals surface area contributed by atoms with Crippen molar-refractivity contribution in [3.63, 3.8) is 0 Å². The van der Waals surface area contributed by atoms with Gasteiger partial charge in [-0.15, -0.1) is 0 Å². The molecule has 1 aromatic rings. The highest BCUT2D eigenvalue weighted by molar-refractivity contribution is 5.89. The molecule has 0 aliphatic carbocycles. The highest BCUT2D eigenvalue weighted by Gasteiger charge is 2.22. The van der Waals surface area contributed by atoms with Crippen LogP contribution in [0.2, 0.25) is 0 Å². The molecular formula is C13H16FNO2. The van der Waals surface area contributed by atoms with Crippen molar-refractivity contribution in [1.29, 1.82) is 0 Å². The molecule has 1 heterocycles. The van der Waals surface area contributed by atoms with Crippen molar-refractivity contribution in [1.82, 2.24) is 4.90 Å². The summed E-state index contributed by atoms with van der Waals surface area (Å²) >= 11 is 0. The molecule has 1 aliphatic heterocycles. The fourth-order valence-electron chi connectivity index (χ4n) is 2.35. The summed E-state index contributed by atoms with van der Waals surface area (Å²) in [6, 6.07) is 4.31. The van der Waals surface area contributed by atoms with Crippen molar-refractivity contribution in [2.45, 2.75) is 32.4 Å². The molecule has 0 bridgehead atoms. The third kappa shape index (κ3) is 2.64. The van der Waals surface area contributed by atoms with Crippen molar-refractivity contribution in [3.05, 3.63) is 35.1 Å². The number of nitrogens with zero attached hydrogens (tertiary/aromatic N) is 1. The van der Waals surface area contributed by atoms with Gasteiger partial charge in [0.15, 0.2) is 0 Å². The van der Waals surface area contributed by atoms with Gasteiger partial charge in [-0.25, -0.2) is 9.18 Å². The summed E-state index contributed by atoms with van der Waals surface area (Å²) < 4.78 is 13.2. The molecule has 0 spiro atoms. The normalized spacial score (nSPS) is 20.7. The molecule has 1 unspecified atom stereocenters. The van der Waals surface area contributed by atoms with E-state index >= 15 is 0 Å². The minimum atomic E-state index is -0.994. The summed E-state index contributed by atoms with van der Waals surface area (Å²) in [6.07, 6.45) is 2.25. The van der Waals surface area contributed by atoms with E-state index in [9.17, 15) is 9.18 Å². The molecule has 4 heteroatoms. The number of hydrogen-bond acceptors (Lipinski definition) is 2. The Morgan fingerprint density at radius 3 is 2.94 bits per heavy atom. The molecule has 0 saturated carbocycles. The highest BCUT2D eigenvalue weighted by atomic mass is 19.1. The lowest BCUT2D eigenvalue weighted by Gasteiger charge is -2.21. The van der Waals surface area contributed by atoms with Gasteiger partial charge in [-0.05, 0) is 50.1 Å². The van der Waals surface area contributed by atoms with Gasteiger partial charge in [-0.3, -0.25) is 4.90 Å². The summed E-state index contributed by atoms with van der Waals surface area (Å²) in [4.78, 5) is 13.2. The molecule has 1 aliphatic rings. The quantitative estimate of drug-likeness (QED) is 0.878. The molecule has 17 heavy (non-hydrogen) atoms. The first-order chi connectivity index (χ1) is 8.08. The van der Waals surface area contributed by atoms with Crippen LogP contribution in [0.4, 0.5) is 4.39 Å². The minimum Gasteiger partial charge on any atom is -0.478 e. The first-order valence-electron chi connectivity index (χ1n) is 5.83. The maximum Gasteiger partial charge on any atom is 0.336 e. The second-order valence-electron chi connectivity index (χ2n) is 4.57. The zero-order valence-corrected chi connectivity index (χ0v) is 9.82. The maximum atomic E-state index is 13.2. The van der Waals surface area contributed by atoms with Crippen LogP contribution in [-0.2, 0) is 6.54 Å². The Balaban J connectivity index is 2.24. The van der Waals surface area contributed by atoms with Gasteiger partial charge in [0.2, 0.25) is 0 Å². The van der Waals surface area contributed by atoms with E-state index in [2.05, 4.69) is 11.8 Å². The molecule has 1 saturated heterocycles. The largest absolute Gasteiger partial charge is 0.478 e. The molecule has 0 radical (unpaired) electrons. The third-order valence-corrected chi connectivity index (χ3v) is 3.36. The molecular weight excluding hydrogens is 221 g/mol. The van der Waals surface area contributed by atoms with E-state index in [1.165, 1.54) is 18.2 Å². The average molecular weight is 237 g/mol. The van der Waals surface area contributed by atoms with Crippen LogP contribution in [0.3, 0.4) is 0 Å². The Bertz CT molecular complexity index is 433. The van der Waals surface area contributed by atoms with E-state index in [1.54, 1.807) is 0 Å². The van der Waals surface area contributed by atoms with Crippen molar-refractivity contribution in [2.24, 2.45) is 0 Å². The Morgan fingerprint density at radius 1 is 1.59 bits per heavy atom. The molecule has 0 aromatic heterocycles. The third-order valence-electron chi connectivity index (χ3n) is 3.36. The number of hydrogen-bond donors (Lipinski definition) is 1. The zero-order valence-electron chi connectivity index (χ0n) is 9.82. The van der Waals surface area contributed by atoms with E-state index < -0.39 is 5.97 Å². The molecule has 3 nitrogen and oxygen atoms in total. The molecule has 92 valence electrons. The molecule has 2 rings (SSSR count). The number of rotatable bonds is 3. The molecule has 1 fully saturated rings. The SMILES string of the molecule is CC1CCCN1Cc1cc(F)ccc1C(=O)O. The number of carbonyl (C=O) groups is 1. The van der Waals surface area contributed by atoms with Gasteiger partial charge in [0.1, 0.15) is 5.82 Å². The van der Waals surface area contributed by atoms with Gasteiger partial charge < -0.3 is 5.11 Å². The van der Waals surface area contributed by atoms with Gasteiger partial charge in [-0.2, -0.15) is 0 Å². The van der Waals surface area contributed by atoms with E-state index in [0.717, 1.165) is 19.4 Å². The smallest absolute Gasteiger partial charge is 0.336 e. The Morgan fingerprint density at radius 2 is 2.35 bits per heavy atom. The summed E-state index contributed by atoms with van der Waals surface area (Å²) in [6.45, 7) is 3.59. The van der Waals surface area contributed by atoms with Crippen LogP contribution in [0.25, 0.3) is 0 Å². The minimum absolute atomic E-state index is 0.200. The van der Waals surface area contributed by atoms with Crippen LogP contribution >= 0.6 is 0 Å². The second kappa shape index (κ2) is 4.84. The summed E-state index contributed by atoms with van der Waals surface area (Å²) in [5.74, 6) is -1.37. The second-order valence-corrected chi connectivity index (χ2v) is 4.57. The standard InChI is InChI=1S/C13H16FNO2/c1-9-3-2-6-15(9)8-10-7-11(14)4-5-12(10)13(16)17/h4-5,7,9H,2-3,6,8H2,1H3,(H,16,17). The van der Waals surface area contributed by atoms with E-state index in [4.69, 9.17) is 5.11 Å². The van der Waals surface area contributed by atoms with Crippen LogP contribution in [0.15, 0.2) is 18.2 Å². The molecule has 1 atom stereocenters. The van der Waals surface area contributed by atoms with E-state index in [0.29, 0.717) is 18.2 Å². The van der Waals surface area contributed by atoms with Crippen LogP contribution < -0.4 is 0 Å². The Hall–Kier alpha value is -1.42. The average Bonchev–Trinajstić information content (AvgIpc) is 2.64. The fourth-order valence-corrected chi connectivity index (χ4v) is 2.35. The number of benzene rings is 1. The van der Waals surface area contributed by atoms with Gasteiger partial charge in [0, 0.05) is 12.6 Å². The number of halogens is 1. The first-order valence-corrected chi connectivity index (χ1v) is 5.83. The van der Waals surface area contributed by atoms with Crippen molar-refractivity contribution in [2.75, 3.05) is 6.54 Å². The maximum absolute atomic E-state index is 13.2. The van der Waals surface area contributed by atoms with Gasteiger partial charge in [0.25, 0.3) is 0 Å². The van der Waals surface area contributed by atoms with Crippen molar-refractivity contribution >= 4 is 5.97 Å². The van der Waals surface area contributed by atoms with Crippen molar-refractivity contribution < 1.29 is 14.3 Å². The number of aromatic carboxylic acids is 1. The number of carboxylic acid groups (broad SMARTS) is 1. The molecule has 1 aromatic carbocycles. The Kier molecular flexibility index (Phi) is 3.43. The topological polar surface area (TPSA) is 40.5 Å². The lowest BCUT2D eigenvalue weighted by atomic mass is 10.1. The zero-order chi connectivity index (χ0) is 12.4. The summed E-state index contributed by atoms with van der Waals surface area (Å²) in [5.41, 5.74) is 0.761. The monoisotopic (exact) mass is 237 g/mol. The van der Waals surface area contributed by atoms with Gasteiger partial charge in [-0.1, -0.05) is 0 Å². The van der Waals surface area contributed by atoms with Crippen LogP contribution in [0.1, 0.15) is 35.7 Å². The Labute approximate surface area is 99.9 Å². The lowest BCUT2D eigenvalue weighted by molar-refractivity contribution is 0.0694. The number of carboxylic acids is 1. The van der Waals surface area contributed by atoms with Crippen molar-refractivity contribution in [3.8, 4) is 0 Å². The predicted octanol–water partition coefficient (Wildman–Crippen LogP) is 2.51. The van der Waals surface area contributed by atoms with Crippen LogP contribution in [0, 0.1) is 5.82 Å². The fraction of sp³-hybridized carbons (Fsp3) is 0.462. The van der Waals surface area contributed by atoms with E-state index in [1.807, 2.05) is 0 Å². The van der Waals surface area contributed by atoms with Crippen LogP contribution in [-0.4, -0.2) is 28.6 Å². The number of likely N-dealkylation sites (tertiary alicyclic amines) is 1. The molecule has 1 N–H and O–H groups in total. The summed E-state index contributed by atoms with van der Waals surface area (Å²) in [5, 5.41) is 9.06. The molecule has 0 amide bonds. The van der Waals surface area contributed by atoms with Gasteiger partial charge >= 0.3 is 5.97 Å². The van der Waals surface area contributed by atoms with Gasteiger partial charge in [0.05, 0.1) is 5.56 Å². The highest BCUT2D eigenvalue weighted by Crippen LogP contribution is 2.21. The van der Waals surface area contributed by atoms with Crippen LogP contribution in [0.5, 0.6) is 0 Å². The lowest BCUT2D eigenvalue weighted by Crippen LogP contribution is -2.27. The summed E-state index contributed by atoms with van der Waals surface area (Å²) in [7, 11) is 0. The predicted molar refractivity (Wildman–Crippen MR) is 62.5 cm³/mol. The van der Waals surface area contributed by atoms with E-state index in [-0.39, 0.29) is 11.4 Å².